The lowest BCUT2D eigenvalue weighted by Gasteiger charge is -2.29. The van der Waals surface area contributed by atoms with Crippen LogP contribution in [0.1, 0.15) is 31.4 Å². The summed E-state index contributed by atoms with van der Waals surface area (Å²) in [6.45, 7) is 2.69. The van der Waals surface area contributed by atoms with Crippen molar-refractivity contribution in [3.05, 3.63) is 78.4 Å². The molecule has 0 aliphatic carbocycles. The van der Waals surface area contributed by atoms with Crippen molar-refractivity contribution in [3.8, 4) is 17.2 Å². The maximum atomic E-state index is 13.8. The van der Waals surface area contributed by atoms with Crippen LogP contribution in [0.25, 0.3) is 0 Å². The van der Waals surface area contributed by atoms with Crippen molar-refractivity contribution in [3.63, 3.8) is 0 Å². The summed E-state index contributed by atoms with van der Waals surface area (Å²) in [7, 11) is 3.15. The molecule has 0 unspecified atom stereocenters. The summed E-state index contributed by atoms with van der Waals surface area (Å²) in [5.74, 6) is 0.386. The van der Waals surface area contributed by atoms with Crippen LogP contribution in [-0.2, 0) is 14.4 Å². The lowest BCUT2D eigenvalue weighted by molar-refractivity contribution is -0.126. The molecule has 0 radical (unpaired) electrons. The van der Waals surface area contributed by atoms with Crippen LogP contribution in [0.2, 0.25) is 0 Å². The molecular formula is C29H30N2O6. The average molecular weight is 503 g/mol. The van der Waals surface area contributed by atoms with E-state index in [2.05, 4.69) is 6.92 Å². The van der Waals surface area contributed by atoms with Crippen molar-refractivity contribution in [2.24, 2.45) is 5.92 Å². The van der Waals surface area contributed by atoms with Gasteiger partial charge in [-0.3, -0.25) is 14.4 Å². The van der Waals surface area contributed by atoms with E-state index in [4.69, 9.17) is 19.0 Å². The Hall–Kier alpha value is -4.04. The number of fused-ring (bicyclic) bond motifs is 1. The quantitative estimate of drug-likeness (QED) is 0.303. The summed E-state index contributed by atoms with van der Waals surface area (Å²) in [5, 5.41) is 1.67. The van der Waals surface area contributed by atoms with E-state index >= 15 is 0 Å². The number of nitrogens with zero attached hydrogens (tertiary/aromatic N) is 2. The first-order valence-electron chi connectivity index (χ1n) is 12.4. The number of benzene rings is 3. The Labute approximate surface area is 216 Å². The van der Waals surface area contributed by atoms with Gasteiger partial charge in [0.25, 0.3) is 5.91 Å². The van der Waals surface area contributed by atoms with Gasteiger partial charge < -0.3 is 14.2 Å². The molecule has 2 saturated heterocycles. The third-order valence-corrected chi connectivity index (χ3v) is 6.74. The number of unbranched alkanes of at least 4 members (excludes halogenated alkanes) is 1. The highest BCUT2D eigenvalue weighted by atomic mass is 16.7. The SMILES string of the molecule is CCCCOc1ccc([C@@H]2[C@H]3C(=O)N(c4ccc(OC)cc4)C(=O)[C@H]3ON2c2ccccc2)cc1OC. The van der Waals surface area contributed by atoms with E-state index < -0.39 is 24.0 Å². The number of amides is 2. The van der Waals surface area contributed by atoms with E-state index in [1.165, 1.54) is 4.90 Å². The second-order valence-electron chi connectivity index (χ2n) is 8.98. The molecule has 8 nitrogen and oxygen atoms in total. The van der Waals surface area contributed by atoms with Gasteiger partial charge in [-0.1, -0.05) is 37.6 Å². The van der Waals surface area contributed by atoms with Crippen LogP contribution in [0.15, 0.2) is 72.8 Å². The Balaban J connectivity index is 1.53. The first-order valence-corrected chi connectivity index (χ1v) is 12.4. The zero-order valence-electron chi connectivity index (χ0n) is 21.1. The Morgan fingerprint density at radius 2 is 1.59 bits per heavy atom. The van der Waals surface area contributed by atoms with Crippen LogP contribution < -0.4 is 24.2 Å². The lowest BCUT2D eigenvalue weighted by atomic mass is 9.90. The molecule has 0 aromatic heterocycles. The molecule has 0 spiro atoms. The van der Waals surface area contributed by atoms with E-state index in [9.17, 15) is 9.59 Å². The zero-order chi connectivity index (χ0) is 25.9. The van der Waals surface area contributed by atoms with Gasteiger partial charge in [0.05, 0.1) is 38.2 Å². The number of carbonyl (C=O) groups excluding carboxylic acids is 2. The highest BCUT2D eigenvalue weighted by molar-refractivity contribution is 6.23. The molecule has 0 N–H and O–H groups in total. The Morgan fingerprint density at radius 1 is 0.838 bits per heavy atom. The Kier molecular flexibility index (Phi) is 7.01. The van der Waals surface area contributed by atoms with Gasteiger partial charge >= 0.3 is 0 Å². The van der Waals surface area contributed by atoms with Crippen molar-refractivity contribution in [2.75, 3.05) is 30.8 Å². The minimum Gasteiger partial charge on any atom is -0.497 e. The molecule has 3 aromatic rings. The van der Waals surface area contributed by atoms with Crippen LogP contribution in [-0.4, -0.2) is 38.7 Å². The lowest BCUT2D eigenvalue weighted by Crippen LogP contribution is -2.37. The molecule has 192 valence electrons. The number of para-hydroxylation sites is 1. The number of rotatable bonds is 9. The van der Waals surface area contributed by atoms with Gasteiger partial charge in [0.2, 0.25) is 5.91 Å². The van der Waals surface area contributed by atoms with Crippen molar-refractivity contribution in [1.29, 1.82) is 0 Å². The molecule has 2 fully saturated rings. The summed E-state index contributed by atoms with van der Waals surface area (Å²) in [4.78, 5) is 34.8. The van der Waals surface area contributed by atoms with Crippen molar-refractivity contribution in [1.82, 2.24) is 0 Å². The Bertz CT molecular complexity index is 1260. The van der Waals surface area contributed by atoms with Gasteiger partial charge in [-0.25, -0.2) is 9.96 Å². The fourth-order valence-electron chi connectivity index (χ4n) is 4.85. The Morgan fingerprint density at radius 3 is 2.27 bits per heavy atom. The van der Waals surface area contributed by atoms with Crippen molar-refractivity contribution in [2.45, 2.75) is 31.9 Å². The van der Waals surface area contributed by atoms with E-state index in [1.54, 1.807) is 43.5 Å². The molecule has 5 rings (SSSR count). The minimum absolute atomic E-state index is 0.314. The topological polar surface area (TPSA) is 77.5 Å². The van der Waals surface area contributed by atoms with Crippen LogP contribution in [0.5, 0.6) is 17.2 Å². The molecule has 3 aromatic carbocycles. The maximum absolute atomic E-state index is 13.8. The summed E-state index contributed by atoms with van der Waals surface area (Å²) >= 11 is 0. The van der Waals surface area contributed by atoms with Gasteiger partial charge in [-0.2, -0.15) is 0 Å². The van der Waals surface area contributed by atoms with Gasteiger partial charge in [0, 0.05) is 0 Å². The van der Waals surface area contributed by atoms with Crippen LogP contribution in [0.4, 0.5) is 11.4 Å². The number of carbonyl (C=O) groups is 2. The second kappa shape index (κ2) is 10.5. The molecule has 2 heterocycles. The van der Waals surface area contributed by atoms with E-state index in [0.29, 0.717) is 29.5 Å². The molecule has 0 bridgehead atoms. The van der Waals surface area contributed by atoms with E-state index in [-0.39, 0.29) is 5.91 Å². The monoisotopic (exact) mass is 502 g/mol. The molecule has 2 aliphatic rings. The van der Waals surface area contributed by atoms with Gasteiger partial charge in [-0.15, -0.1) is 0 Å². The number of ether oxygens (including phenoxy) is 3. The highest BCUT2D eigenvalue weighted by Crippen LogP contribution is 2.48. The number of methoxy groups -OCH3 is 2. The second-order valence-corrected chi connectivity index (χ2v) is 8.98. The molecule has 0 saturated carbocycles. The smallest absolute Gasteiger partial charge is 0.266 e. The highest BCUT2D eigenvalue weighted by Gasteiger charge is 2.60. The molecule has 3 atom stereocenters. The zero-order valence-corrected chi connectivity index (χ0v) is 21.1. The van der Waals surface area contributed by atoms with Gasteiger partial charge in [-0.05, 0) is 60.5 Å². The molecule has 8 heteroatoms. The number of imide groups is 1. The predicted molar refractivity (Wildman–Crippen MR) is 139 cm³/mol. The third kappa shape index (κ3) is 4.49. The van der Waals surface area contributed by atoms with E-state index in [1.807, 2.05) is 48.5 Å². The minimum atomic E-state index is -0.953. The number of anilines is 2. The fourth-order valence-corrected chi connectivity index (χ4v) is 4.85. The molecular weight excluding hydrogens is 472 g/mol. The largest absolute Gasteiger partial charge is 0.497 e. The van der Waals surface area contributed by atoms with Gasteiger partial charge in [0.15, 0.2) is 17.6 Å². The van der Waals surface area contributed by atoms with Crippen molar-refractivity contribution < 1.29 is 28.6 Å². The average Bonchev–Trinajstić information content (AvgIpc) is 3.45. The van der Waals surface area contributed by atoms with Crippen LogP contribution in [0, 0.1) is 5.92 Å². The number of hydrogen-bond acceptors (Lipinski definition) is 7. The summed E-state index contributed by atoms with van der Waals surface area (Å²) < 4.78 is 16.8. The van der Waals surface area contributed by atoms with Crippen LogP contribution in [0.3, 0.4) is 0 Å². The summed E-state index contributed by atoms with van der Waals surface area (Å²) in [6.07, 6.45) is 1.01. The first-order chi connectivity index (χ1) is 18.1. The predicted octanol–water partition coefficient (Wildman–Crippen LogP) is 4.93. The summed E-state index contributed by atoms with van der Waals surface area (Å²) in [5.41, 5.74) is 2.02. The molecule has 2 amide bonds. The van der Waals surface area contributed by atoms with Crippen molar-refractivity contribution >= 4 is 23.2 Å². The standard InChI is InChI=1S/C29H30N2O6/c1-4-5-17-36-23-16-11-19(18-24(23)35-3)26-25-27(37-31(26)21-9-7-6-8-10-21)29(33)30(28(25)32)20-12-14-22(34-2)15-13-20/h6-16,18,25-27H,4-5,17H2,1-3H3/t25-,26-,27+/m1/s1. The van der Waals surface area contributed by atoms with Gasteiger partial charge in [0.1, 0.15) is 11.7 Å². The molecule has 37 heavy (non-hydrogen) atoms. The summed E-state index contributed by atoms with van der Waals surface area (Å²) in [6, 6.07) is 21.4. The fraction of sp³-hybridized carbons (Fsp3) is 0.310. The molecule has 2 aliphatic heterocycles. The normalized spacial score (nSPS) is 20.8. The first kappa shape index (κ1) is 24.6. The van der Waals surface area contributed by atoms with Crippen LogP contribution >= 0.6 is 0 Å². The number of hydroxylamine groups is 1. The maximum Gasteiger partial charge on any atom is 0.266 e. The van der Waals surface area contributed by atoms with E-state index in [0.717, 1.165) is 24.1 Å². The third-order valence-electron chi connectivity index (χ3n) is 6.74. The number of hydrogen-bond donors (Lipinski definition) is 0.